The van der Waals surface area contributed by atoms with E-state index in [9.17, 15) is 14.0 Å². The topological polar surface area (TPSA) is 80.3 Å². The molecule has 0 fully saturated rings. The van der Waals surface area contributed by atoms with E-state index >= 15 is 0 Å². The van der Waals surface area contributed by atoms with E-state index in [2.05, 4.69) is 15.6 Å². The Morgan fingerprint density at radius 1 is 1.06 bits per heavy atom. The summed E-state index contributed by atoms with van der Waals surface area (Å²) in [6.45, 7) is 2.07. The molecule has 1 amide bonds. The van der Waals surface area contributed by atoms with Crippen molar-refractivity contribution < 1.29 is 18.7 Å². The molecule has 2 aromatic heterocycles. The molecule has 156 valence electrons. The summed E-state index contributed by atoms with van der Waals surface area (Å²) in [5.74, 6) is -0.810. The van der Waals surface area contributed by atoms with Gasteiger partial charge in [-0.2, -0.15) is 0 Å². The fraction of sp³-hybridized carbons (Fsp3) is 0.0870. The molecule has 0 bridgehead atoms. The Kier molecular flexibility index (Phi) is 5.90. The largest absolute Gasteiger partial charge is 0.462 e. The Morgan fingerprint density at radius 2 is 1.94 bits per heavy atom. The number of fused-ring (bicyclic) bond motifs is 1. The van der Waals surface area contributed by atoms with Crippen LogP contribution in [-0.2, 0) is 4.74 Å². The van der Waals surface area contributed by atoms with Gasteiger partial charge in [-0.15, -0.1) is 11.3 Å². The predicted molar refractivity (Wildman–Crippen MR) is 120 cm³/mol. The molecular weight excluding hydrogens is 417 g/mol. The third kappa shape index (κ3) is 4.70. The number of thiophene rings is 1. The van der Waals surface area contributed by atoms with E-state index < -0.39 is 5.82 Å². The molecule has 0 aliphatic heterocycles. The summed E-state index contributed by atoms with van der Waals surface area (Å²) in [5.41, 5.74) is 1.37. The number of amides is 1. The molecule has 4 rings (SSSR count). The van der Waals surface area contributed by atoms with Gasteiger partial charge >= 0.3 is 5.97 Å². The lowest BCUT2D eigenvalue weighted by molar-refractivity contribution is 0.0532. The average Bonchev–Trinajstić information content (AvgIpc) is 3.18. The number of pyridine rings is 1. The molecule has 0 radical (unpaired) electrons. The van der Waals surface area contributed by atoms with Crippen LogP contribution in [0, 0.1) is 5.82 Å². The van der Waals surface area contributed by atoms with Crippen LogP contribution >= 0.6 is 11.3 Å². The first-order valence-electron chi connectivity index (χ1n) is 9.53. The minimum Gasteiger partial charge on any atom is -0.462 e. The first-order chi connectivity index (χ1) is 15.0. The summed E-state index contributed by atoms with van der Waals surface area (Å²) >= 11 is 1.34. The van der Waals surface area contributed by atoms with Gasteiger partial charge in [0, 0.05) is 22.3 Å². The maximum Gasteiger partial charge on any atom is 0.348 e. The number of hydrogen-bond donors (Lipinski definition) is 2. The molecule has 0 aliphatic rings. The van der Waals surface area contributed by atoms with Crippen molar-refractivity contribution in [3.8, 4) is 0 Å². The van der Waals surface area contributed by atoms with Crippen molar-refractivity contribution in [2.24, 2.45) is 0 Å². The highest BCUT2D eigenvalue weighted by atomic mass is 32.1. The molecular formula is C23H18FN3O3S. The van der Waals surface area contributed by atoms with Gasteiger partial charge in [-0.3, -0.25) is 4.79 Å². The molecule has 0 aliphatic carbocycles. The summed E-state index contributed by atoms with van der Waals surface area (Å²) in [6, 6.07) is 16.3. The molecule has 4 aromatic rings. The van der Waals surface area contributed by atoms with E-state index in [1.54, 1.807) is 55.6 Å². The van der Waals surface area contributed by atoms with Crippen molar-refractivity contribution in [2.75, 3.05) is 17.2 Å². The SMILES string of the molecule is CCOC(=O)c1cc2cc(NC(=O)c3cccnc3Nc3cccc(F)c3)ccc2s1. The molecule has 31 heavy (non-hydrogen) atoms. The number of benzene rings is 2. The van der Waals surface area contributed by atoms with Crippen LogP contribution in [0.2, 0.25) is 0 Å². The molecule has 2 N–H and O–H groups in total. The number of halogens is 1. The minimum absolute atomic E-state index is 0.310. The maximum absolute atomic E-state index is 13.5. The van der Waals surface area contributed by atoms with Crippen LogP contribution in [0.5, 0.6) is 0 Å². The van der Waals surface area contributed by atoms with Crippen LogP contribution in [0.15, 0.2) is 66.9 Å². The van der Waals surface area contributed by atoms with E-state index in [4.69, 9.17) is 4.74 Å². The molecule has 0 unspecified atom stereocenters. The summed E-state index contributed by atoms with van der Waals surface area (Å²) in [4.78, 5) is 29.6. The van der Waals surface area contributed by atoms with Gasteiger partial charge in [-0.1, -0.05) is 6.07 Å². The van der Waals surface area contributed by atoms with Gasteiger partial charge in [0.1, 0.15) is 16.5 Å². The summed E-state index contributed by atoms with van der Waals surface area (Å²) < 4.78 is 19.4. The van der Waals surface area contributed by atoms with Crippen LogP contribution in [0.3, 0.4) is 0 Å². The number of ether oxygens (including phenoxy) is 1. The zero-order valence-electron chi connectivity index (χ0n) is 16.5. The van der Waals surface area contributed by atoms with E-state index in [0.29, 0.717) is 34.2 Å². The first-order valence-corrected chi connectivity index (χ1v) is 10.3. The lowest BCUT2D eigenvalue weighted by Crippen LogP contribution is -2.14. The standard InChI is InChI=1S/C23H18FN3O3S/c1-2-30-23(29)20-12-14-11-17(8-9-19(14)31-20)27-22(28)18-7-4-10-25-21(18)26-16-6-3-5-15(24)13-16/h3-13H,2H2,1H3,(H,25,26)(H,27,28). The van der Waals surface area contributed by atoms with Crippen LogP contribution in [-0.4, -0.2) is 23.5 Å². The average molecular weight is 435 g/mol. The van der Waals surface area contributed by atoms with E-state index in [1.807, 2.05) is 6.07 Å². The predicted octanol–water partition coefficient (Wildman–Crippen LogP) is 5.61. The van der Waals surface area contributed by atoms with Crippen LogP contribution in [0.1, 0.15) is 27.0 Å². The highest BCUT2D eigenvalue weighted by Gasteiger charge is 2.15. The third-order valence-corrected chi connectivity index (χ3v) is 5.49. The molecule has 0 saturated heterocycles. The molecule has 2 aromatic carbocycles. The zero-order chi connectivity index (χ0) is 21.8. The number of nitrogens with one attached hydrogen (secondary N) is 2. The Bertz CT molecular complexity index is 1270. The number of esters is 1. The summed E-state index contributed by atoms with van der Waals surface area (Å²) in [7, 11) is 0. The van der Waals surface area contributed by atoms with Gasteiger partial charge in [0.25, 0.3) is 5.91 Å². The van der Waals surface area contributed by atoms with Crippen LogP contribution in [0.4, 0.5) is 21.6 Å². The van der Waals surface area contributed by atoms with Crippen molar-refractivity contribution in [1.82, 2.24) is 4.98 Å². The number of carbonyl (C=O) groups is 2. The Balaban J connectivity index is 1.55. The van der Waals surface area contributed by atoms with Crippen LogP contribution < -0.4 is 10.6 Å². The van der Waals surface area contributed by atoms with Crippen molar-refractivity contribution in [2.45, 2.75) is 6.92 Å². The smallest absolute Gasteiger partial charge is 0.348 e. The van der Waals surface area contributed by atoms with Gasteiger partial charge in [-0.25, -0.2) is 14.2 Å². The lowest BCUT2D eigenvalue weighted by atomic mass is 10.2. The van der Waals surface area contributed by atoms with Crippen molar-refractivity contribution in [1.29, 1.82) is 0 Å². The highest BCUT2D eigenvalue weighted by Crippen LogP contribution is 2.29. The van der Waals surface area contributed by atoms with E-state index in [1.165, 1.54) is 23.5 Å². The molecule has 0 saturated carbocycles. The Morgan fingerprint density at radius 3 is 2.74 bits per heavy atom. The number of carbonyl (C=O) groups excluding carboxylic acids is 2. The quantitative estimate of drug-likeness (QED) is 0.385. The maximum atomic E-state index is 13.5. The number of anilines is 3. The van der Waals surface area contributed by atoms with E-state index in [-0.39, 0.29) is 11.9 Å². The number of nitrogens with zero attached hydrogens (tertiary/aromatic N) is 1. The third-order valence-electron chi connectivity index (χ3n) is 4.39. The van der Waals surface area contributed by atoms with Gasteiger partial charge in [0.2, 0.25) is 0 Å². The Hall–Kier alpha value is -3.78. The number of aromatic nitrogens is 1. The number of hydrogen-bond acceptors (Lipinski definition) is 6. The minimum atomic E-state index is -0.391. The molecule has 8 heteroatoms. The fourth-order valence-electron chi connectivity index (χ4n) is 3.01. The first kappa shape index (κ1) is 20.5. The van der Waals surface area contributed by atoms with Gasteiger partial charge in [0.05, 0.1) is 12.2 Å². The molecule has 0 atom stereocenters. The summed E-state index contributed by atoms with van der Waals surface area (Å²) in [6.07, 6.45) is 1.55. The second-order valence-corrected chi connectivity index (χ2v) is 7.66. The van der Waals surface area contributed by atoms with E-state index in [0.717, 1.165) is 10.1 Å². The van der Waals surface area contributed by atoms with Gasteiger partial charge < -0.3 is 15.4 Å². The van der Waals surface area contributed by atoms with Gasteiger partial charge in [0.15, 0.2) is 0 Å². The zero-order valence-corrected chi connectivity index (χ0v) is 17.3. The van der Waals surface area contributed by atoms with Gasteiger partial charge in [-0.05, 0) is 66.9 Å². The highest BCUT2D eigenvalue weighted by molar-refractivity contribution is 7.20. The molecule has 0 spiro atoms. The molecule has 6 nitrogen and oxygen atoms in total. The lowest BCUT2D eigenvalue weighted by Gasteiger charge is -2.11. The van der Waals surface area contributed by atoms with Crippen LogP contribution in [0.25, 0.3) is 10.1 Å². The monoisotopic (exact) mass is 435 g/mol. The number of rotatable bonds is 6. The Labute approximate surface area is 181 Å². The van der Waals surface area contributed by atoms with Crippen molar-refractivity contribution >= 4 is 50.5 Å². The molecule has 2 heterocycles. The second kappa shape index (κ2) is 8.93. The van der Waals surface area contributed by atoms with Crippen molar-refractivity contribution in [3.63, 3.8) is 0 Å². The second-order valence-electron chi connectivity index (χ2n) is 6.57. The normalized spacial score (nSPS) is 10.6. The fourth-order valence-corrected chi connectivity index (χ4v) is 3.95. The summed E-state index contributed by atoms with van der Waals surface area (Å²) in [5, 5.41) is 6.65. The van der Waals surface area contributed by atoms with Crippen molar-refractivity contribution in [3.05, 3.63) is 83.1 Å².